The van der Waals surface area contributed by atoms with Crippen LogP contribution in [0.15, 0.2) is 36.4 Å². The molecule has 0 spiro atoms. The first kappa shape index (κ1) is 27.9. The third-order valence-electron chi connectivity index (χ3n) is 7.39. The van der Waals surface area contributed by atoms with E-state index < -0.39 is 11.7 Å². The SMILES string of the molecule is CC(=O)c1nn(CC(=O)N(CC(=O)NCc2cccc(Cl)c2F)C2CC2)c2ccc(CC(=O)C3CCCN3)cc12. The molecule has 1 saturated heterocycles. The number of nitrogens with one attached hydrogen (secondary N) is 2. The Labute approximate surface area is 236 Å². The van der Waals surface area contributed by atoms with Gasteiger partial charge in [-0.3, -0.25) is 23.9 Å². The van der Waals surface area contributed by atoms with Gasteiger partial charge in [-0.1, -0.05) is 29.8 Å². The van der Waals surface area contributed by atoms with E-state index in [1.165, 1.54) is 28.6 Å². The van der Waals surface area contributed by atoms with E-state index >= 15 is 0 Å². The van der Waals surface area contributed by atoms with Crippen molar-refractivity contribution in [2.75, 3.05) is 13.1 Å². The number of ketones is 2. The molecule has 2 amide bonds. The molecule has 0 radical (unpaired) electrons. The van der Waals surface area contributed by atoms with Crippen molar-refractivity contribution in [3.63, 3.8) is 0 Å². The van der Waals surface area contributed by atoms with Gasteiger partial charge in [0.05, 0.1) is 23.1 Å². The van der Waals surface area contributed by atoms with Gasteiger partial charge in [-0.25, -0.2) is 4.39 Å². The molecule has 40 heavy (non-hydrogen) atoms. The topological polar surface area (TPSA) is 113 Å². The number of aromatic nitrogens is 2. The van der Waals surface area contributed by atoms with E-state index in [0.717, 1.165) is 37.8 Å². The molecule has 0 bridgehead atoms. The normalized spacial score (nSPS) is 16.7. The fourth-order valence-corrected chi connectivity index (χ4v) is 5.31. The second-order valence-electron chi connectivity index (χ2n) is 10.4. The summed E-state index contributed by atoms with van der Waals surface area (Å²) in [5.74, 6) is -1.45. The molecule has 2 heterocycles. The largest absolute Gasteiger partial charge is 0.350 e. The van der Waals surface area contributed by atoms with Crippen LogP contribution in [-0.2, 0) is 33.9 Å². The van der Waals surface area contributed by atoms with Crippen molar-refractivity contribution in [3.05, 3.63) is 64.1 Å². The zero-order valence-corrected chi connectivity index (χ0v) is 23.0. The molecule has 1 aliphatic carbocycles. The molecule has 210 valence electrons. The van der Waals surface area contributed by atoms with Gasteiger partial charge in [-0.15, -0.1) is 0 Å². The van der Waals surface area contributed by atoms with Crippen molar-refractivity contribution in [2.24, 2.45) is 0 Å². The average molecular weight is 568 g/mol. The predicted molar refractivity (Wildman–Crippen MR) is 147 cm³/mol. The Kier molecular flexibility index (Phi) is 8.27. The molecule has 1 unspecified atom stereocenters. The fourth-order valence-electron chi connectivity index (χ4n) is 5.12. The Morgan fingerprint density at radius 1 is 1.18 bits per heavy atom. The second-order valence-corrected chi connectivity index (χ2v) is 10.9. The lowest BCUT2D eigenvalue weighted by molar-refractivity contribution is -0.137. The highest BCUT2D eigenvalue weighted by molar-refractivity contribution is 6.30. The number of amides is 2. The molecular weight excluding hydrogens is 537 g/mol. The van der Waals surface area contributed by atoms with E-state index in [1.807, 2.05) is 6.07 Å². The summed E-state index contributed by atoms with van der Waals surface area (Å²) >= 11 is 5.81. The van der Waals surface area contributed by atoms with Gasteiger partial charge < -0.3 is 15.5 Å². The quantitative estimate of drug-likeness (QED) is 0.344. The minimum Gasteiger partial charge on any atom is -0.350 e. The number of fused-ring (bicyclic) bond motifs is 1. The number of benzene rings is 2. The number of Topliss-reactive ketones (excluding diaryl/α,β-unsaturated/α-hetero) is 2. The van der Waals surface area contributed by atoms with Gasteiger partial charge in [0, 0.05) is 36.9 Å². The lowest BCUT2D eigenvalue weighted by atomic mass is 10.0. The third kappa shape index (κ3) is 6.23. The summed E-state index contributed by atoms with van der Waals surface area (Å²) in [5.41, 5.74) is 1.87. The Morgan fingerprint density at radius 2 is 1.98 bits per heavy atom. The van der Waals surface area contributed by atoms with E-state index in [2.05, 4.69) is 15.7 Å². The van der Waals surface area contributed by atoms with Crippen molar-refractivity contribution in [1.82, 2.24) is 25.3 Å². The average Bonchev–Trinajstić information content (AvgIpc) is 3.48. The van der Waals surface area contributed by atoms with Gasteiger partial charge in [-0.2, -0.15) is 5.10 Å². The zero-order chi connectivity index (χ0) is 28.4. The molecular formula is C29H31ClFN5O4. The van der Waals surface area contributed by atoms with E-state index in [9.17, 15) is 23.6 Å². The van der Waals surface area contributed by atoms with E-state index in [0.29, 0.717) is 10.9 Å². The van der Waals surface area contributed by atoms with Crippen LogP contribution in [0.2, 0.25) is 5.02 Å². The summed E-state index contributed by atoms with van der Waals surface area (Å²) in [6.07, 6.45) is 3.62. The maximum atomic E-state index is 14.2. The second kappa shape index (κ2) is 11.9. The number of nitrogens with zero attached hydrogens (tertiary/aromatic N) is 3. The maximum Gasteiger partial charge on any atom is 0.245 e. The summed E-state index contributed by atoms with van der Waals surface area (Å²) in [4.78, 5) is 52.6. The minimum absolute atomic E-state index is 0.0255. The third-order valence-corrected chi connectivity index (χ3v) is 7.68. The summed E-state index contributed by atoms with van der Waals surface area (Å²) in [5, 5.41) is 10.9. The zero-order valence-electron chi connectivity index (χ0n) is 22.2. The standard InChI is InChI=1S/C29H31ClFN5O4/c1-17(37)29-21-12-18(13-25(38)23-6-3-11-32-23)7-10-24(21)36(34-29)16-27(40)35(20-8-9-20)15-26(39)33-14-19-4-2-5-22(30)28(19)31/h2,4-5,7,10,12,20,23,32H,3,6,8-9,11,13-16H2,1H3,(H,33,39). The Morgan fingerprint density at radius 3 is 2.67 bits per heavy atom. The van der Waals surface area contributed by atoms with Crippen LogP contribution in [0, 0.1) is 5.82 Å². The summed E-state index contributed by atoms with van der Waals surface area (Å²) in [6, 6.07) is 9.77. The molecule has 5 rings (SSSR count). The first-order valence-corrected chi connectivity index (χ1v) is 13.8. The van der Waals surface area contributed by atoms with Gasteiger partial charge in [0.1, 0.15) is 18.1 Å². The van der Waals surface area contributed by atoms with Crippen LogP contribution < -0.4 is 10.6 Å². The summed E-state index contributed by atoms with van der Waals surface area (Å²) in [6.45, 7) is 1.88. The molecule has 1 saturated carbocycles. The van der Waals surface area contributed by atoms with E-state index in [1.54, 1.807) is 18.2 Å². The lowest BCUT2D eigenvalue weighted by Gasteiger charge is -2.22. The van der Waals surface area contributed by atoms with Gasteiger partial charge >= 0.3 is 0 Å². The van der Waals surface area contributed by atoms with Crippen molar-refractivity contribution >= 4 is 45.9 Å². The Balaban J connectivity index is 1.29. The first-order chi connectivity index (χ1) is 19.2. The molecule has 1 aliphatic heterocycles. The molecule has 9 nitrogen and oxygen atoms in total. The van der Waals surface area contributed by atoms with Crippen LogP contribution in [0.25, 0.3) is 10.9 Å². The van der Waals surface area contributed by atoms with Crippen molar-refractivity contribution in [3.8, 4) is 0 Å². The van der Waals surface area contributed by atoms with E-state index in [-0.39, 0.29) is 71.9 Å². The minimum atomic E-state index is -0.589. The molecule has 1 atom stereocenters. The Hall–Kier alpha value is -3.63. The molecule has 2 aromatic carbocycles. The van der Waals surface area contributed by atoms with Crippen molar-refractivity contribution in [1.29, 1.82) is 0 Å². The molecule has 3 aromatic rings. The summed E-state index contributed by atoms with van der Waals surface area (Å²) < 4.78 is 15.6. The fraction of sp³-hybridized carbons (Fsp3) is 0.414. The smallest absolute Gasteiger partial charge is 0.245 e. The maximum absolute atomic E-state index is 14.2. The molecule has 2 fully saturated rings. The van der Waals surface area contributed by atoms with Crippen LogP contribution in [0.3, 0.4) is 0 Å². The highest BCUT2D eigenvalue weighted by Gasteiger charge is 2.34. The van der Waals surface area contributed by atoms with Gasteiger partial charge in [0.15, 0.2) is 11.6 Å². The number of hydrogen-bond donors (Lipinski definition) is 2. The Bertz CT molecular complexity index is 1480. The van der Waals surface area contributed by atoms with Crippen molar-refractivity contribution in [2.45, 2.75) is 64.2 Å². The predicted octanol–water partition coefficient (Wildman–Crippen LogP) is 3.20. The number of carbonyl (C=O) groups excluding carboxylic acids is 4. The molecule has 2 N–H and O–H groups in total. The molecule has 2 aliphatic rings. The van der Waals surface area contributed by atoms with Crippen molar-refractivity contribution < 1.29 is 23.6 Å². The van der Waals surface area contributed by atoms with Crippen LogP contribution in [0.1, 0.15) is 54.2 Å². The highest BCUT2D eigenvalue weighted by Crippen LogP contribution is 2.28. The first-order valence-electron chi connectivity index (χ1n) is 13.5. The van der Waals surface area contributed by atoms with Gasteiger partial charge in [0.25, 0.3) is 0 Å². The monoisotopic (exact) mass is 567 g/mol. The van der Waals surface area contributed by atoms with E-state index in [4.69, 9.17) is 11.6 Å². The van der Waals surface area contributed by atoms with Crippen LogP contribution in [0.5, 0.6) is 0 Å². The molecule has 1 aromatic heterocycles. The van der Waals surface area contributed by atoms with Gasteiger partial charge in [-0.05, 0) is 56.0 Å². The van der Waals surface area contributed by atoms with Gasteiger partial charge in [0.2, 0.25) is 11.8 Å². The lowest BCUT2D eigenvalue weighted by Crippen LogP contribution is -2.43. The number of rotatable bonds is 11. The summed E-state index contributed by atoms with van der Waals surface area (Å²) in [7, 11) is 0. The highest BCUT2D eigenvalue weighted by atomic mass is 35.5. The number of carbonyl (C=O) groups is 4. The number of halogens is 2. The van der Waals surface area contributed by atoms with Crippen LogP contribution >= 0.6 is 11.6 Å². The van der Waals surface area contributed by atoms with Crippen LogP contribution in [-0.4, -0.2) is 63.2 Å². The number of hydrogen-bond acceptors (Lipinski definition) is 6. The van der Waals surface area contributed by atoms with Crippen LogP contribution in [0.4, 0.5) is 4.39 Å². The molecule has 11 heteroatoms.